The van der Waals surface area contributed by atoms with E-state index in [4.69, 9.17) is 5.11 Å². The lowest BCUT2D eigenvalue weighted by Gasteiger charge is -2.08. The molecule has 0 aromatic heterocycles. The Morgan fingerprint density at radius 1 is 1.05 bits per heavy atom. The Hall–Kier alpha value is -0.960. The average Bonchev–Trinajstić information content (AvgIpc) is 2.46. The summed E-state index contributed by atoms with van der Waals surface area (Å²) in [6, 6.07) is 13.8. The van der Waals surface area contributed by atoms with E-state index >= 15 is 0 Å². The van der Waals surface area contributed by atoms with Crippen LogP contribution in [0.25, 0.3) is 0 Å². The van der Waals surface area contributed by atoms with Gasteiger partial charge in [-0.1, -0.05) is 24.3 Å². The van der Waals surface area contributed by atoms with Gasteiger partial charge in [-0.05, 0) is 58.0 Å². The third kappa shape index (κ3) is 4.02. The summed E-state index contributed by atoms with van der Waals surface area (Å²) in [5, 5.41) is 9.05. The van der Waals surface area contributed by atoms with Crippen molar-refractivity contribution in [1.82, 2.24) is 4.72 Å². The molecule has 2 aromatic carbocycles. The predicted molar refractivity (Wildman–Crippen MR) is 85.5 cm³/mol. The molecule has 106 valence electrons. The van der Waals surface area contributed by atoms with Crippen LogP contribution in [-0.4, -0.2) is 13.5 Å². The van der Waals surface area contributed by atoms with Crippen molar-refractivity contribution < 1.29 is 13.5 Å². The molecule has 2 aromatic rings. The maximum atomic E-state index is 12.1. The average molecular weight is 403 g/mol. The minimum Gasteiger partial charge on any atom is -0.392 e. The van der Waals surface area contributed by atoms with Crippen LogP contribution in [0.15, 0.2) is 53.4 Å². The predicted octanol–water partition coefficient (Wildman–Crippen LogP) is 2.26. The van der Waals surface area contributed by atoms with Crippen LogP contribution in [0.1, 0.15) is 11.1 Å². The number of sulfonamides is 1. The highest BCUT2D eigenvalue weighted by atomic mass is 127. The van der Waals surface area contributed by atoms with Gasteiger partial charge in [0.1, 0.15) is 0 Å². The maximum absolute atomic E-state index is 12.1. The van der Waals surface area contributed by atoms with E-state index in [1.165, 1.54) is 0 Å². The summed E-state index contributed by atoms with van der Waals surface area (Å²) in [6.45, 7) is 0.139. The standard InChI is InChI=1S/C14H14INO3S/c15-13-4-6-14(7-5-13)20(18,19)16-9-11-2-1-3-12(8-11)10-17/h1-8,16-17H,9-10H2. The number of hydrogen-bond donors (Lipinski definition) is 2. The van der Waals surface area contributed by atoms with Gasteiger partial charge in [0.2, 0.25) is 10.0 Å². The number of rotatable bonds is 5. The van der Waals surface area contributed by atoms with Gasteiger partial charge in [-0.3, -0.25) is 0 Å². The summed E-state index contributed by atoms with van der Waals surface area (Å²) < 4.78 is 27.8. The Morgan fingerprint density at radius 3 is 2.35 bits per heavy atom. The molecule has 0 aliphatic rings. The van der Waals surface area contributed by atoms with Crippen molar-refractivity contribution in [3.05, 3.63) is 63.2 Å². The molecule has 0 fully saturated rings. The molecule has 6 heteroatoms. The quantitative estimate of drug-likeness (QED) is 0.753. The fraction of sp³-hybridized carbons (Fsp3) is 0.143. The monoisotopic (exact) mass is 403 g/mol. The summed E-state index contributed by atoms with van der Waals surface area (Å²) >= 11 is 2.12. The zero-order valence-corrected chi connectivity index (χ0v) is 13.6. The van der Waals surface area contributed by atoms with Crippen molar-refractivity contribution in [3.8, 4) is 0 Å². The van der Waals surface area contributed by atoms with E-state index in [1.807, 2.05) is 6.07 Å². The minimum atomic E-state index is -3.51. The fourth-order valence-electron chi connectivity index (χ4n) is 1.71. The van der Waals surface area contributed by atoms with Crippen LogP contribution in [0.5, 0.6) is 0 Å². The van der Waals surface area contributed by atoms with Gasteiger partial charge in [-0.25, -0.2) is 13.1 Å². The lowest BCUT2D eigenvalue weighted by Crippen LogP contribution is -2.23. The fourth-order valence-corrected chi connectivity index (χ4v) is 3.09. The van der Waals surface area contributed by atoms with E-state index in [-0.39, 0.29) is 18.0 Å². The number of aliphatic hydroxyl groups is 1. The summed E-state index contributed by atoms with van der Waals surface area (Å²) in [7, 11) is -3.51. The van der Waals surface area contributed by atoms with Crippen LogP contribution in [0.3, 0.4) is 0 Å². The van der Waals surface area contributed by atoms with Crippen molar-refractivity contribution in [2.75, 3.05) is 0 Å². The Balaban J connectivity index is 2.10. The van der Waals surface area contributed by atoms with E-state index in [0.29, 0.717) is 0 Å². The van der Waals surface area contributed by atoms with E-state index in [0.717, 1.165) is 14.7 Å². The molecule has 0 aliphatic heterocycles. The van der Waals surface area contributed by atoms with Crippen LogP contribution in [0, 0.1) is 3.57 Å². The molecule has 0 atom stereocenters. The van der Waals surface area contributed by atoms with E-state index < -0.39 is 10.0 Å². The van der Waals surface area contributed by atoms with Gasteiger partial charge in [0.05, 0.1) is 11.5 Å². The number of benzene rings is 2. The molecule has 0 saturated heterocycles. The Labute approximate surface area is 132 Å². The van der Waals surface area contributed by atoms with Gasteiger partial charge >= 0.3 is 0 Å². The first-order valence-corrected chi connectivity index (χ1v) is 8.51. The highest BCUT2D eigenvalue weighted by molar-refractivity contribution is 14.1. The first kappa shape index (κ1) is 15.4. The van der Waals surface area contributed by atoms with Gasteiger partial charge in [-0.15, -0.1) is 0 Å². The second kappa shape index (κ2) is 6.66. The van der Waals surface area contributed by atoms with Crippen molar-refractivity contribution in [2.45, 2.75) is 18.0 Å². The van der Waals surface area contributed by atoms with E-state index in [1.54, 1.807) is 42.5 Å². The molecular formula is C14H14INO3S. The number of nitrogens with one attached hydrogen (secondary N) is 1. The molecule has 0 heterocycles. The molecule has 2 N–H and O–H groups in total. The second-order valence-electron chi connectivity index (χ2n) is 4.26. The third-order valence-electron chi connectivity index (χ3n) is 2.76. The SMILES string of the molecule is O=S(=O)(NCc1cccc(CO)c1)c1ccc(I)cc1. The number of halogens is 1. The molecular weight excluding hydrogens is 389 g/mol. The molecule has 0 amide bonds. The Morgan fingerprint density at radius 2 is 1.70 bits per heavy atom. The summed E-state index contributed by atoms with van der Waals surface area (Å²) in [6.07, 6.45) is 0. The van der Waals surface area contributed by atoms with Crippen molar-refractivity contribution in [2.24, 2.45) is 0 Å². The zero-order valence-electron chi connectivity index (χ0n) is 10.6. The topological polar surface area (TPSA) is 66.4 Å². The highest BCUT2D eigenvalue weighted by Crippen LogP contribution is 2.13. The van der Waals surface area contributed by atoms with Crippen LogP contribution in [-0.2, 0) is 23.2 Å². The summed E-state index contributed by atoms with van der Waals surface area (Å²) in [4.78, 5) is 0.247. The third-order valence-corrected chi connectivity index (χ3v) is 4.90. The first-order valence-electron chi connectivity index (χ1n) is 5.95. The lowest BCUT2D eigenvalue weighted by atomic mass is 10.1. The molecule has 4 nitrogen and oxygen atoms in total. The number of hydrogen-bond acceptors (Lipinski definition) is 3. The molecule has 0 spiro atoms. The summed E-state index contributed by atoms with van der Waals surface area (Å²) in [5.41, 5.74) is 1.57. The number of aliphatic hydroxyl groups excluding tert-OH is 1. The molecule has 0 unspecified atom stereocenters. The Kier molecular flexibility index (Phi) is 5.14. The molecule has 0 aliphatic carbocycles. The normalized spacial score (nSPS) is 11.5. The summed E-state index contributed by atoms with van der Waals surface area (Å²) in [5.74, 6) is 0. The second-order valence-corrected chi connectivity index (χ2v) is 7.27. The molecule has 0 bridgehead atoms. The van der Waals surface area contributed by atoms with Crippen LogP contribution in [0.2, 0.25) is 0 Å². The molecule has 0 radical (unpaired) electrons. The smallest absolute Gasteiger partial charge is 0.240 e. The van der Waals surface area contributed by atoms with Gasteiger partial charge in [0.15, 0.2) is 0 Å². The van der Waals surface area contributed by atoms with Crippen molar-refractivity contribution in [1.29, 1.82) is 0 Å². The van der Waals surface area contributed by atoms with E-state index in [2.05, 4.69) is 27.3 Å². The minimum absolute atomic E-state index is 0.0578. The highest BCUT2D eigenvalue weighted by Gasteiger charge is 2.13. The van der Waals surface area contributed by atoms with Crippen molar-refractivity contribution >= 4 is 32.6 Å². The first-order chi connectivity index (χ1) is 9.51. The largest absolute Gasteiger partial charge is 0.392 e. The van der Waals surface area contributed by atoms with E-state index in [9.17, 15) is 8.42 Å². The molecule has 0 saturated carbocycles. The van der Waals surface area contributed by atoms with Gasteiger partial charge in [0, 0.05) is 10.1 Å². The maximum Gasteiger partial charge on any atom is 0.240 e. The van der Waals surface area contributed by atoms with Gasteiger partial charge < -0.3 is 5.11 Å². The Bertz CT molecular complexity index is 684. The molecule has 2 rings (SSSR count). The van der Waals surface area contributed by atoms with Crippen LogP contribution in [0.4, 0.5) is 0 Å². The van der Waals surface area contributed by atoms with Crippen LogP contribution >= 0.6 is 22.6 Å². The van der Waals surface area contributed by atoms with Crippen molar-refractivity contribution in [3.63, 3.8) is 0 Å². The molecule has 20 heavy (non-hydrogen) atoms. The lowest BCUT2D eigenvalue weighted by molar-refractivity contribution is 0.281. The van der Waals surface area contributed by atoms with Crippen LogP contribution < -0.4 is 4.72 Å². The van der Waals surface area contributed by atoms with Gasteiger partial charge in [0.25, 0.3) is 0 Å². The zero-order chi connectivity index (χ0) is 14.6. The van der Waals surface area contributed by atoms with Gasteiger partial charge in [-0.2, -0.15) is 0 Å².